The molecule has 7 nitrogen and oxygen atoms in total. The SMILES string of the molecule is Cc1ccc(C)c(OCC(O)CN2C(=O)NC3(CCOc4ccccc43)C2=O)c1C. The highest BCUT2D eigenvalue weighted by Crippen LogP contribution is 2.41. The van der Waals surface area contributed by atoms with Gasteiger partial charge in [-0.2, -0.15) is 0 Å². The first-order valence-electron chi connectivity index (χ1n) is 10.1. The molecule has 4 rings (SSSR count). The predicted molar refractivity (Wildman–Crippen MR) is 111 cm³/mol. The summed E-state index contributed by atoms with van der Waals surface area (Å²) in [6, 6.07) is 10.7. The molecule has 2 unspecified atom stereocenters. The Morgan fingerprint density at radius 2 is 1.90 bits per heavy atom. The van der Waals surface area contributed by atoms with Crippen LogP contribution in [0, 0.1) is 20.8 Å². The van der Waals surface area contributed by atoms with Crippen LogP contribution < -0.4 is 14.8 Å². The lowest BCUT2D eigenvalue weighted by atomic mass is 9.84. The van der Waals surface area contributed by atoms with E-state index in [9.17, 15) is 14.7 Å². The van der Waals surface area contributed by atoms with Gasteiger partial charge in [-0.1, -0.05) is 30.3 Å². The monoisotopic (exact) mass is 410 g/mol. The number of nitrogens with one attached hydrogen (secondary N) is 1. The van der Waals surface area contributed by atoms with Crippen LogP contribution >= 0.6 is 0 Å². The number of imide groups is 1. The van der Waals surface area contributed by atoms with Crippen molar-refractivity contribution in [2.24, 2.45) is 0 Å². The van der Waals surface area contributed by atoms with Crippen molar-refractivity contribution in [2.45, 2.75) is 38.8 Å². The molecule has 0 aromatic heterocycles. The van der Waals surface area contributed by atoms with Gasteiger partial charge in [0, 0.05) is 12.0 Å². The maximum Gasteiger partial charge on any atom is 0.325 e. The molecule has 2 atom stereocenters. The molecule has 1 spiro atoms. The summed E-state index contributed by atoms with van der Waals surface area (Å²) in [5.74, 6) is 0.944. The Morgan fingerprint density at radius 3 is 2.70 bits per heavy atom. The van der Waals surface area contributed by atoms with Crippen LogP contribution in [-0.4, -0.2) is 47.8 Å². The number of para-hydroxylation sites is 1. The lowest BCUT2D eigenvalue weighted by Gasteiger charge is -2.33. The normalized spacial score (nSPS) is 21.3. The van der Waals surface area contributed by atoms with E-state index in [0.717, 1.165) is 27.3 Å². The standard InChI is InChI=1S/C23H26N2O5/c1-14-8-9-15(2)20(16(14)3)30-13-17(26)12-25-21(27)23(24-22(25)28)10-11-29-19-7-5-4-6-18(19)23/h4-9,17,26H,10-13H2,1-3H3,(H,24,28). The molecule has 7 heteroatoms. The number of amides is 3. The molecule has 2 N–H and O–H groups in total. The van der Waals surface area contributed by atoms with E-state index in [0.29, 0.717) is 24.3 Å². The third-order valence-corrected chi connectivity index (χ3v) is 5.94. The van der Waals surface area contributed by atoms with Crippen molar-refractivity contribution < 1.29 is 24.2 Å². The van der Waals surface area contributed by atoms with E-state index >= 15 is 0 Å². The minimum absolute atomic E-state index is 0.0190. The molecule has 2 aromatic carbocycles. The Morgan fingerprint density at radius 1 is 1.17 bits per heavy atom. The molecule has 0 aliphatic carbocycles. The van der Waals surface area contributed by atoms with Gasteiger partial charge in [0.15, 0.2) is 5.54 Å². The predicted octanol–water partition coefficient (Wildman–Crippen LogP) is 2.58. The quantitative estimate of drug-likeness (QED) is 0.740. The number of aliphatic hydroxyl groups is 1. The number of hydrogen-bond donors (Lipinski definition) is 2. The molecule has 2 aromatic rings. The third kappa shape index (κ3) is 3.29. The number of urea groups is 1. The topological polar surface area (TPSA) is 88.1 Å². The molecule has 2 aliphatic heterocycles. The molecular formula is C23H26N2O5. The van der Waals surface area contributed by atoms with E-state index in [2.05, 4.69) is 5.32 Å². The average Bonchev–Trinajstić information content (AvgIpc) is 2.96. The minimum Gasteiger partial charge on any atom is -0.493 e. The van der Waals surface area contributed by atoms with Crippen LogP contribution in [0.25, 0.3) is 0 Å². The van der Waals surface area contributed by atoms with Crippen LogP contribution in [0.15, 0.2) is 36.4 Å². The summed E-state index contributed by atoms with van der Waals surface area (Å²) in [7, 11) is 0. The van der Waals surface area contributed by atoms with Gasteiger partial charge in [0.05, 0.1) is 13.2 Å². The van der Waals surface area contributed by atoms with Crippen LogP contribution in [0.3, 0.4) is 0 Å². The van der Waals surface area contributed by atoms with Crippen LogP contribution in [0.5, 0.6) is 11.5 Å². The number of hydrogen-bond acceptors (Lipinski definition) is 5. The third-order valence-electron chi connectivity index (χ3n) is 5.94. The summed E-state index contributed by atoms with van der Waals surface area (Å²) in [5, 5.41) is 13.4. The Bertz CT molecular complexity index is 1010. The summed E-state index contributed by atoms with van der Waals surface area (Å²) < 4.78 is 11.5. The molecule has 1 fully saturated rings. The molecule has 158 valence electrons. The summed E-state index contributed by atoms with van der Waals surface area (Å²) in [6.45, 7) is 6.07. The van der Waals surface area contributed by atoms with E-state index in [1.54, 1.807) is 12.1 Å². The molecule has 0 radical (unpaired) electrons. The first-order valence-corrected chi connectivity index (χ1v) is 10.1. The molecule has 30 heavy (non-hydrogen) atoms. The first kappa shape index (κ1) is 20.2. The summed E-state index contributed by atoms with van der Waals surface area (Å²) >= 11 is 0. The molecule has 2 heterocycles. The number of benzene rings is 2. The van der Waals surface area contributed by atoms with Gasteiger partial charge in [0.2, 0.25) is 0 Å². The Kier molecular flexibility index (Phi) is 5.15. The van der Waals surface area contributed by atoms with Gasteiger partial charge in [-0.15, -0.1) is 0 Å². The zero-order valence-electron chi connectivity index (χ0n) is 17.4. The van der Waals surface area contributed by atoms with E-state index < -0.39 is 17.7 Å². The smallest absolute Gasteiger partial charge is 0.325 e. The van der Waals surface area contributed by atoms with Gasteiger partial charge in [0.1, 0.15) is 24.2 Å². The van der Waals surface area contributed by atoms with Crippen molar-refractivity contribution in [1.82, 2.24) is 10.2 Å². The fraction of sp³-hybridized carbons (Fsp3) is 0.391. The van der Waals surface area contributed by atoms with Gasteiger partial charge >= 0.3 is 6.03 Å². The fourth-order valence-electron chi connectivity index (χ4n) is 4.13. The summed E-state index contributed by atoms with van der Waals surface area (Å²) in [4.78, 5) is 27.0. The molecule has 1 saturated heterocycles. The number of β-amino-alcohol motifs (C(OH)–C–C–N with tert-alkyl or cyclic N) is 1. The largest absolute Gasteiger partial charge is 0.493 e. The fourth-order valence-corrected chi connectivity index (χ4v) is 4.13. The highest BCUT2D eigenvalue weighted by molar-refractivity contribution is 6.08. The molecule has 2 aliphatic rings. The van der Waals surface area contributed by atoms with Gasteiger partial charge in [0.25, 0.3) is 5.91 Å². The second-order valence-electron chi connectivity index (χ2n) is 7.96. The van der Waals surface area contributed by atoms with Crippen LogP contribution in [0.1, 0.15) is 28.7 Å². The number of nitrogens with zero attached hydrogens (tertiary/aromatic N) is 1. The zero-order chi connectivity index (χ0) is 21.5. The number of aliphatic hydroxyl groups excluding tert-OH is 1. The van der Waals surface area contributed by atoms with Crippen LogP contribution in [-0.2, 0) is 10.3 Å². The van der Waals surface area contributed by atoms with E-state index in [1.807, 2.05) is 45.0 Å². The van der Waals surface area contributed by atoms with E-state index in [1.165, 1.54) is 0 Å². The number of ether oxygens (including phenoxy) is 2. The Labute approximate surface area is 175 Å². The zero-order valence-corrected chi connectivity index (χ0v) is 17.4. The maximum atomic E-state index is 13.3. The average molecular weight is 410 g/mol. The Balaban J connectivity index is 1.48. The lowest BCUT2D eigenvalue weighted by molar-refractivity contribution is -0.133. The van der Waals surface area contributed by atoms with Crippen molar-refractivity contribution in [3.8, 4) is 11.5 Å². The first-order chi connectivity index (χ1) is 14.3. The van der Waals surface area contributed by atoms with Crippen LogP contribution in [0.2, 0.25) is 0 Å². The number of carbonyl (C=O) groups excluding carboxylic acids is 2. The van der Waals surface area contributed by atoms with Crippen molar-refractivity contribution in [3.63, 3.8) is 0 Å². The van der Waals surface area contributed by atoms with Crippen molar-refractivity contribution in [2.75, 3.05) is 19.8 Å². The van der Waals surface area contributed by atoms with Gasteiger partial charge < -0.3 is 19.9 Å². The van der Waals surface area contributed by atoms with E-state index in [4.69, 9.17) is 9.47 Å². The summed E-state index contributed by atoms with van der Waals surface area (Å²) in [6.07, 6.45) is -0.663. The second-order valence-corrected chi connectivity index (χ2v) is 7.96. The second kappa shape index (κ2) is 7.65. The van der Waals surface area contributed by atoms with Gasteiger partial charge in [-0.3, -0.25) is 9.69 Å². The highest BCUT2D eigenvalue weighted by atomic mass is 16.5. The molecular weight excluding hydrogens is 384 g/mol. The maximum absolute atomic E-state index is 13.3. The van der Waals surface area contributed by atoms with Gasteiger partial charge in [-0.25, -0.2) is 4.79 Å². The van der Waals surface area contributed by atoms with E-state index in [-0.39, 0.29) is 19.1 Å². The van der Waals surface area contributed by atoms with Crippen molar-refractivity contribution >= 4 is 11.9 Å². The molecule has 0 bridgehead atoms. The minimum atomic E-state index is -1.14. The molecule has 0 saturated carbocycles. The number of aryl methyl sites for hydroxylation is 2. The van der Waals surface area contributed by atoms with Crippen molar-refractivity contribution in [3.05, 3.63) is 58.7 Å². The summed E-state index contributed by atoms with van der Waals surface area (Å²) in [5.41, 5.74) is 2.58. The highest BCUT2D eigenvalue weighted by Gasteiger charge is 2.55. The van der Waals surface area contributed by atoms with Crippen LogP contribution in [0.4, 0.5) is 4.79 Å². The Hall–Kier alpha value is -3.06. The number of rotatable bonds is 5. The molecule has 3 amide bonds. The van der Waals surface area contributed by atoms with Gasteiger partial charge in [-0.05, 0) is 43.5 Å². The lowest BCUT2D eigenvalue weighted by Crippen LogP contribution is -2.48. The van der Waals surface area contributed by atoms with Crippen molar-refractivity contribution in [1.29, 1.82) is 0 Å². The number of fused-ring (bicyclic) bond motifs is 2. The number of carbonyl (C=O) groups is 2.